The SMILES string of the molecule is COc1ncc(-c2cnc(N(C(=O)OCC(F)F)C3CCC(Nc4ncc(C(F)(F)F)c(-c5cncc(S(C)(=O)=O)c5)n4)CC3)cn2)cn1. The van der Waals surface area contributed by atoms with Crippen LogP contribution in [0.1, 0.15) is 31.2 Å². The van der Waals surface area contributed by atoms with Crippen LogP contribution in [-0.2, 0) is 20.8 Å². The second kappa shape index (κ2) is 14.5. The van der Waals surface area contributed by atoms with Crippen LogP contribution in [-0.4, -0.2) is 87.9 Å². The fraction of sp³-hybridized carbons (Fsp3) is 0.379. The first-order chi connectivity index (χ1) is 23.2. The minimum atomic E-state index is -4.85. The Bertz CT molecular complexity index is 1880. The van der Waals surface area contributed by atoms with E-state index in [1.54, 1.807) is 0 Å². The summed E-state index contributed by atoms with van der Waals surface area (Å²) in [5.41, 5.74) is -1.04. The van der Waals surface area contributed by atoms with Gasteiger partial charge in [0.05, 0.1) is 35.8 Å². The van der Waals surface area contributed by atoms with Crippen molar-refractivity contribution in [2.75, 3.05) is 30.2 Å². The van der Waals surface area contributed by atoms with Crippen LogP contribution in [0.3, 0.4) is 0 Å². The van der Waals surface area contributed by atoms with E-state index in [1.807, 2.05) is 0 Å². The summed E-state index contributed by atoms with van der Waals surface area (Å²) in [6.45, 7) is -1.13. The van der Waals surface area contributed by atoms with Crippen molar-refractivity contribution in [1.82, 2.24) is 34.9 Å². The Kier molecular flexibility index (Phi) is 10.4. The van der Waals surface area contributed by atoms with Gasteiger partial charge in [0, 0.05) is 60.5 Å². The summed E-state index contributed by atoms with van der Waals surface area (Å²) in [4.78, 5) is 42.2. The number of rotatable bonds is 10. The van der Waals surface area contributed by atoms with Crippen molar-refractivity contribution in [2.24, 2.45) is 0 Å². The molecule has 1 aliphatic rings. The van der Waals surface area contributed by atoms with Gasteiger partial charge >= 0.3 is 18.3 Å². The quantitative estimate of drug-likeness (QED) is 0.222. The van der Waals surface area contributed by atoms with E-state index in [2.05, 4.69) is 40.2 Å². The third-order valence-electron chi connectivity index (χ3n) is 7.42. The number of amides is 1. The molecule has 0 saturated heterocycles. The van der Waals surface area contributed by atoms with Crippen molar-refractivity contribution >= 4 is 27.7 Å². The van der Waals surface area contributed by atoms with Crippen molar-refractivity contribution in [3.05, 3.63) is 55.0 Å². The number of halogens is 5. The van der Waals surface area contributed by atoms with Crippen LogP contribution < -0.4 is 15.0 Å². The number of anilines is 2. The summed E-state index contributed by atoms with van der Waals surface area (Å²) >= 11 is 0. The molecule has 1 aliphatic carbocycles. The van der Waals surface area contributed by atoms with E-state index in [9.17, 15) is 35.2 Å². The van der Waals surface area contributed by atoms with Crippen molar-refractivity contribution in [3.8, 4) is 28.5 Å². The van der Waals surface area contributed by atoms with E-state index in [-0.39, 0.29) is 34.3 Å². The molecule has 260 valence electrons. The Morgan fingerprint density at radius 1 is 0.959 bits per heavy atom. The number of methoxy groups -OCH3 is 1. The molecule has 1 saturated carbocycles. The van der Waals surface area contributed by atoms with Gasteiger partial charge < -0.3 is 14.8 Å². The van der Waals surface area contributed by atoms with Crippen molar-refractivity contribution in [2.45, 2.75) is 55.3 Å². The summed E-state index contributed by atoms with van der Waals surface area (Å²) in [5.74, 6) is -0.0946. The van der Waals surface area contributed by atoms with Crippen LogP contribution >= 0.6 is 0 Å². The molecule has 1 amide bonds. The van der Waals surface area contributed by atoms with Crippen molar-refractivity contribution < 1.29 is 44.6 Å². The van der Waals surface area contributed by atoms with Gasteiger partial charge in [0.15, 0.2) is 22.3 Å². The van der Waals surface area contributed by atoms with Gasteiger partial charge in [-0.05, 0) is 31.7 Å². The van der Waals surface area contributed by atoms with E-state index in [0.29, 0.717) is 43.1 Å². The normalized spacial score (nSPS) is 16.7. The van der Waals surface area contributed by atoms with Gasteiger partial charge in [-0.2, -0.15) is 13.2 Å². The standard InChI is InChI=1S/C29H28F5N9O5S/c1-47-27-39-9-17(10-40-27)22-13-37-24(14-36-22)43(28(44)48-15-23(30)31)19-5-3-18(4-6-19)41-26-38-12-21(29(32,33)34)25(42-26)16-7-20(11-35-8-16)49(2,45)46/h7-14,18-19,23H,3-6,15H2,1-2H3,(H,38,41,42). The molecule has 0 radical (unpaired) electrons. The van der Waals surface area contributed by atoms with E-state index < -0.39 is 52.4 Å². The Labute approximate surface area is 276 Å². The third-order valence-corrected chi connectivity index (χ3v) is 8.50. The lowest BCUT2D eigenvalue weighted by Crippen LogP contribution is -2.45. The number of hydrogen-bond acceptors (Lipinski definition) is 13. The number of carbonyl (C=O) groups excluding carboxylic acids is 1. The molecule has 4 aromatic heterocycles. The molecular formula is C29H28F5N9O5S. The Balaban J connectivity index is 1.33. The monoisotopic (exact) mass is 709 g/mol. The van der Waals surface area contributed by atoms with Crippen LogP contribution in [0, 0.1) is 0 Å². The average molecular weight is 710 g/mol. The second-order valence-electron chi connectivity index (χ2n) is 10.8. The predicted molar refractivity (Wildman–Crippen MR) is 162 cm³/mol. The van der Waals surface area contributed by atoms with E-state index >= 15 is 0 Å². The topological polar surface area (TPSA) is 175 Å². The molecule has 0 atom stereocenters. The number of carbonyl (C=O) groups is 1. The molecule has 49 heavy (non-hydrogen) atoms. The lowest BCUT2D eigenvalue weighted by molar-refractivity contribution is -0.137. The number of aromatic nitrogens is 7. The zero-order valence-electron chi connectivity index (χ0n) is 25.8. The largest absolute Gasteiger partial charge is 0.467 e. The van der Waals surface area contributed by atoms with Crippen molar-refractivity contribution in [3.63, 3.8) is 0 Å². The van der Waals surface area contributed by atoms with E-state index in [1.165, 1.54) is 31.9 Å². The smallest absolute Gasteiger partial charge is 0.419 e. The molecule has 4 heterocycles. The maximum Gasteiger partial charge on any atom is 0.419 e. The first-order valence-corrected chi connectivity index (χ1v) is 16.4. The molecule has 1 fully saturated rings. The second-order valence-corrected chi connectivity index (χ2v) is 12.9. The van der Waals surface area contributed by atoms with Crippen LogP contribution in [0.25, 0.3) is 22.5 Å². The molecule has 0 aromatic carbocycles. The maximum atomic E-state index is 13.9. The predicted octanol–water partition coefficient (Wildman–Crippen LogP) is 4.85. The van der Waals surface area contributed by atoms with Gasteiger partial charge in [-0.25, -0.2) is 46.9 Å². The van der Waals surface area contributed by atoms with Gasteiger partial charge in [-0.1, -0.05) is 0 Å². The molecule has 20 heteroatoms. The Morgan fingerprint density at radius 3 is 2.27 bits per heavy atom. The molecule has 1 N–H and O–H groups in total. The lowest BCUT2D eigenvalue weighted by Gasteiger charge is -2.35. The molecule has 14 nitrogen and oxygen atoms in total. The third kappa shape index (κ3) is 8.67. The van der Waals surface area contributed by atoms with E-state index in [4.69, 9.17) is 9.47 Å². The number of ether oxygens (including phenoxy) is 2. The van der Waals surface area contributed by atoms with E-state index in [0.717, 1.165) is 29.6 Å². The Hall–Kier alpha value is -5.14. The number of hydrogen-bond donors (Lipinski definition) is 1. The minimum Gasteiger partial charge on any atom is -0.467 e. The zero-order chi connectivity index (χ0) is 35.3. The van der Waals surface area contributed by atoms with Gasteiger partial charge in [-0.15, -0.1) is 0 Å². The molecular weight excluding hydrogens is 681 g/mol. The summed E-state index contributed by atoms with van der Waals surface area (Å²) in [5, 5.41) is 3.01. The zero-order valence-corrected chi connectivity index (χ0v) is 26.6. The number of sulfone groups is 1. The minimum absolute atomic E-state index is 0.0505. The maximum absolute atomic E-state index is 13.9. The molecule has 5 rings (SSSR count). The molecule has 0 unspecified atom stereocenters. The number of nitrogens with zero attached hydrogens (tertiary/aromatic N) is 8. The molecule has 0 bridgehead atoms. The van der Waals surface area contributed by atoms with Crippen LogP contribution in [0.15, 0.2) is 54.3 Å². The lowest BCUT2D eigenvalue weighted by atomic mass is 9.90. The number of pyridine rings is 1. The van der Waals surface area contributed by atoms with Gasteiger partial charge in [0.2, 0.25) is 5.95 Å². The first-order valence-electron chi connectivity index (χ1n) is 14.5. The highest BCUT2D eigenvalue weighted by Crippen LogP contribution is 2.37. The summed E-state index contributed by atoms with van der Waals surface area (Å²) in [7, 11) is -2.36. The fourth-order valence-electron chi connectivity index (χ4n) is 5.07. The molecule has 0 spiro atoms. The summed E-state index contributed by atoms with van der Waals surface area (Å²) < 4.78 is 101. The Morgan fingerprint density at radius 2 is 1.67 bits per heavy atom. The van der Waals surface area contributed by atoms with Crippen LogP contribution in [0.5, 0.6) is 6.01 Å². The highest BCUT2D eigenvalue weighted by molar-refractivity contribution is 7.90. The summed E-state index contributed by atoms with van der Waals surface area (Å²) in [6, 6.07) is 0.287. The molecule has 0 aliphatic heterocycles. The summed E-state index contributed by atoms with van der Waals surface area (Å²) in [6.07, 6.45) is 1.74. The van der Waals surface area contributed by atoms with Gasteiger partial charge in [0.25, 0.3) is 6.43 Å². The fourth-order valence-corrected chi connectivity index (χ4v) is 5.67. The van der Waals surface area contributed by atoms with Crippen LogP contribution in [0.4, 0.5) is 38.5 Å². The number of alkyl halides is 5. The highest BCUT2D eigenvalue weighted by atomic mass is 32.2. The average Bonchev–Trinajstić information content (AvgIpc) is 3.08. The molecule has 4 aromatic rings. The van der Waals surface area contributed by atoms with Crippen LogP contribution in [0.2, 0.25) is 0 Å². The van der Waals surface area contributed by atoms with Gasteiger partial charge in [-0.3, -0.25) is 14.9 Å². The first kappa shape index (κ1) is 35.2. The highest BCUT2D eigenvalue weighted by Gasteiger charge is 2.37. The van der Waals surface area contributed by atoms with Gasteiger partial charge in [0.1, 0.15) is 5.56 Å². The number of nitrogens with one attached hydrogen (secondary N) is 1. The van der Waals surface area contributed by atoms with Crippen molar-refractivity contribution in [1.29, 1.82) is 0 Å².